The van der Waals surface area contributed by atoms with E-state index in [9.17, 15) is 9.59 Å². The largest absolute Gasteiger partial charge is 0.369 e. The van der Waals surface area contributed by atoms with Gasteiger partial charge in [0.15, 0.2) is 5.17 Å². The number of nitrogens with zero attached hydrogens (tertiary/aromatic N) is 2. The van der Waals surface area contributed by atoms with E-state index >= 15 is 0 Å². The Bertz CT molecular complexity index is 646. The first kappa shape index (κ1) is 16.3. The lowest BCUT2D eigenvalue weighted by atomic mass is 9.94. The van der Waals surface area contributed by atoms with Gasteiger partial charge in [-0.1, -0.05) is 37.1 Å². The van der Waals surface area contributed by atoms with Gasteiger partial charge < -0.3 is 5.73 Å². The molecule has 0 atom stereocenters. The van der Waals surface area contributed by atoms with Crippen LogP contribution in [0.15, 0.2) is 28.2 Å². The average molecular weight is 349 g/mol. The molecule has 1 aliphatic carbocycles. The fourth-order valence-corrected chi connectivity index (χ4v) is 4.37. The molecule has 7 heteroatoms. The average Bonchev–Trinajstić information content (AvgIpc) is 3.15. The number of hydrogen-bond acceptors (Lipinski definition) is 5. The highest BCUT2D eigenvalue weighted by atomic mass is 32.2. The molecule has 122 valence electrons. The third-order valence-electron chi connectivity index (χ3n) is 3.97. The van der Waals surface area contributed by atoms with Crippen molar-refractivity contribution in [2.75, 3.05) is 5.75 Å². The first-order valence-corrected chi connectivity index (χ1v) is 9.60. The van der Waals surface area contributed by atoms with Crippen LogP contribution in [0.2, 0.25) is 0 Å². The molecule has 2 aliphatic rings. The Morgan fingerprint density at radius 2 is 2.22 bits per heavy atom. The van der Waals surface area contributed by atoms with Gasteiger partial charge >= 0.3 is 0 Å². The highest BCUT2D eigenvalue weighted by Gasteiger charge is 2.36. The Hall–Kier alpha value is -1.60. The topological polar surface area (TPSA) is 75.8 Å². The van der Waals surface area contributed by atoms with Gasteiger partial charge in [0, 0.05) is 10.9 Å². The molecule has 1 fully saturated rings. The number of hydrogen-bond donors (Lipinski definition) is 1. The highest BCUT2D eigenvalue weighted by molar-refractivity contribution is 8.14. The maximum absolute atomic E-state index is 12.8. The number of amides is 2. The number of amidine groups is 1. The molecule has 0 bridgehead atoms. The second-order valence-electron chi connectivity index (χ2n) is 5.66. The number of thioether (sulfide) groups is 1. The van der Waals surface area contributed by atoms with E-state index in [-0.39, 0.29) is 17.7 Å². The number of carbonyl (C=O) groups excluding carboxylic acids is 2. The van der Waals surface area contributed by atoms with Crippen molar-refractivity contribution in [2.24, 2.45) is 10.7 Å². The van der Waals surface area contributed by atoms with Crippen molar-refractivity contribution >= 4 is 46.2 Å². The summed E-state index contributed by atoms with van der Waals surface area (Å²) in [7, 11) is 0. The maximum atomic E-state index is 12.8. The van der Waals surface area contributed by atoms with Crippen LogP contribution in [-0.4, -0.2) is 33.7 Å². The standard InChI is InChI=1S/C16H19N3O2S2/c17-14(20)10-23-16-18-13(9-12-7-4-8-22-12)15(21)19(16)11-5-2-1-3-6-11/h4,7-9,11H,1-3,5-6,10H2,(H2,17,20). The van der Waals surface area contributed by atoms with Crippen molar-refractivity contribution in [1.82, 2.24) is 4.90 Å². The molecule has 1 saturated carbocycles. The summed E-state index contributed by atoms with van der Waals surface area (Å²) in [5.74, 6) is -0.316. The van der Waals surface area contributed by atoms with Crippen LogP contribution in [0.1, 0.15) is 37.0 Å². The van der Waals surface area contributed by atoms with E-state index in [1.54, 1.807) is 16.2 Å². The zero-order chi connectivity index (χ0) is 16.2. The van der Waals surface area contributed by atoms with Gasteiger partial charge in [-0.2, -0.15) is 0 Å². The van der Waals surface area contributed by atoms with Gasteiger partial charge in [0.1, 0.15) is 5.70 Å². The van der Waals surface area contributed by atoms with Crippen LogP contribution < -0.4 is 5.73 Å². The summed E-state index contributed by atoms with van der Waals surface area (Å²) < 4.78 is 0. The summed E-state index contributed by atoms with van der Waals surface area (Å²) in [6, 6.07) is 4.09. The highest BCUT2D eigenvalue weighted by Crippen LogP contribution is 2.32. The molecule has 0 aromatic carbocycles. The summed E-state index contributed by atoms with van der Waals surface area (Å²) in [6.45, 7) is 0. The Morgan fingerprint density at radius 1 is 1.43 bits per heavy atom. The predicted octanol–water partition coefficient (Wildman–Crippen LogP) is 2.84. The number of thiophene rings is 1. The summed E-state index contributed by atoms with van der Waals surface area (Å²) in [5.41, 5.74) is 5.69. The Kier molecular flexibility index (Phi) is 5.17. The van der Waals surface area contributed by atoms with E-state index in [2.05, 4.69) is 4.99 Å². The third-order valence-corrected chi connectivity index (χ3v) is 5.76. The minimum Gasteiger partial charge on any atom is -0.369 e. The molecule has 1 aromatic rings. The Labute approximate surface area is 143 Å². The summed E-state index contributed by atoms with van der Waals surface area (Å²) in [5, 5.41) is 2.58. The number of aliphatic imine (C=N–C) groups is 1. The van der Waals surface area contributed by atoms with E-state index in [1.165, 1.54) is 18.2 Å². The lowest BCUT2D eigenvalue weighted by molar-refractivity contribution is -0.124. The van der Waals surface area contributed by atoms with Crippen molar-refractivity contribution in [3.8, 4) is 0 Å². The fourth-order valence-electron chi connectivity index (χ4n) is 2.92. The number of nitrogens with two attached hydrogens (primary N) is 1. The fraction of sp³-hybridized carbons (Fsp3) is 0.438. The monoisotopic (exact) mass is 349 g/mol. The molecule has 0 spiro atoms. The van der Waals surface area contributed by atoms with Crippen LogP contribution >= 0.6 is 23.1 Å². The molecule has 23 heavy (non-hydrogen) atoms. The zero-order valence-electron chi connectivity index (χ0n) is 12.7. The summed E-state index contributed by atoms with van der Waals surface area (Å²) in [4.78, 5) is 31.2. The molecule has 2 N–H and O–H groups in total. The molecule has 2 heterocycles. The van der Waals surface area contributed by atoms with Gasteiger partial charge in [0.25, 0.3) is 5.91 Å². The van der Waals surface area contributed by atoms with E-state index < -0.39 is 5.91 Å². The van der Waals surface area contributed by atoms with Crippen molar-refractivity contribution in [3.63, 3.8) is 0 Å². The quantitative estimate of drug-likeness (QED) is 0.849. The van der Waals surface area contributed by atoms with Crippen LogP contribution in [0.3, 0.4) is 0 Å². The molecule has 2 amide bonds. The normalized spacial score (nSPS) is 21.0. The molecule has 1 aromatic heterocycles. The van der Waals surface area contributed by atoms with Crippen LogP contribution in [0.4, 0.5) is 0 Å². The lowest BCUT2D eigenvalue weighted by Crippen LogP contribution is -2.41. The Morgan fingerprint density at radius 3 is 2.87 bits per heavy atom. The molecule has 0 saturated heterocycles. The number of rotatable bonds is 4. The first-order valence-electron chi connectivity index (χ1n) is 7.73. The molecule has 5 nitrogen and oxygen atoms in total. The van der Waals surface area contributed by atoms with Crippen molar-refractivity contribution in [2.45, 2.75) is 38.1 Å². The SMILES string of the molecule is NC(=O)CSC1=NC(=Cc2cccs2)C(=O)N1C1CCCCC1. The summed E-state index contributed by atoms with van der Waals surface area (Å²) >= 11 is 2.83. The van der Waals surface area contributed by atoms with Gasteiger partial charge in [-0.3, -0.25) is 14.5 Å². The van der Waals surface area contributed by atoms with E-state index in [4.69, 9.17) is 5.73 Å². The maximum Gasteiger partial charge on any atom is 0.278 e. The van der Waals surface area contributed by atoms with Gasteiger partial charge in [0.05, 0.1) is 5.75 Å². The summed E-state index contributed by atoms with van der Waals surface area (Å²) in [6.07, 6.45) is 7.29. The Balaban J connectivity index is 1.85. The minimum absolute atomic E-state index is 0.0581. The second-order valence-corrected chi connectivity index (χ2v) is 7.58. The van der Waals surface area contributed by atoms with Crippen LogP contribution in [0.25, 0.3) is 6.08 Å². The lowest BCUT2D eigenvalue weighted by Gasteiger charge is -2.31. The van der Waals surface area contributed by atoms with Crippen LogP contribution in [0, 0.1) is 0 Å². The van der Waals surface area contributed by atoms with E-state index in [0.29, 0.717) is 10.9 Å². The molecular weight excluding hydrogens is 330 g/mol. The van der Waals surface area contributed by atoms with Gasteiger partial charge in [-0.05, 0) is 30.4 Å². The van der Waals surface area contributed by atoms with Crippen LogP contribution in [0.5, 0.6) is 0 Å². The van der Waals surface area contributed by atoms with Gasteiger partial charge in [0.2, 0.25) is 5.91 Å². The minimum atomic E-state index is -0.399. The van der Waals surface area contributed by atoms with Gasteiger partial charge in [-0.25, -0.2) is 4.99 Å². The number of carbonyl (C=O) groups is 2. The third kappa shape index (κ3) is 3.84. The molecule has 1 aliphatic heterocycles. The molecule has 3 rings (SSSR count). The number of primary amides is 1. The van der Waals surface area contributed by atoms with Crippen molar-refractivity contribution in [1.29, 1.82) is 0 Å². The molecule has 0 radical (unpaired) electrons. The van der Waals surface area contributed by atoms with E-state index in [0.717, 1.165) is 30.6 Å². The smallest absolute Gasteiger partial charge is 0.278 e. The van der Waals surface area contributed by atoms with Crippen LogP contribution in [-0.2, 0) is 9.59 Å². The molecular formula is C16H19N3O2S2. The second kappa shape index (κ2) is 7.31. The first-order chi connectivity index (χ1) is 11.1. The van der Waals surface area contributed by atoms with Crippen molar-refractivity contribution < 1.29 is 9.59 Å². The zero-order valence-corrected chi connectivity index (χ0v) is 14.4. The van der Waals surface area contributed by atoms with E-state index in [1.807, 2.05) is 23.6 Å². The molecule has 0 unspecified atom stereocenters. The predicted molar refractivity (Wildman–Crippen MR) is 95.1 cm³/mol. The van der Waals surface area contributed by atoms with Crippen molar-refractivity contribution in [3.05, 3.63) is 28.1 Å². The van der Waals surface area contributed by atoms with Gasteiger partial charge in [-0.15, -0.1) is 11.3 Å².